The Morgan fingerprint density at radius 2 is 2.24 bits per heavy atom. The summed E-state index contributed by atoms with van der Waals surface area (Å²) in [6, 6.07) is 6.72. The van der Waals surface area contributed by atoms with Crippen LogP contribution in [0.2, 0.25) is 0 Å². The minimum absolute atomic E-state index is 0.0549. The molecule has 1 aromatic carbocycles. The van der Waals surface area contributed by atoms with Gasteiger partial charge in [-0.25, -0.2) is 0 Å². The van der Waals surface area contributed by atoms with Crippen LogP contribution in [0.5, 0.6) is 5.75 Å². The first-order chi connectivity index (χ1) is 8.08. The van der Waals surface area contributed by atoms with Crippen LogP contribution in [0.1, 0.15) is 45.2 Å². The van der Waals surface area contributed by atoms with Gasteiger partial charge in [0.25, 0.3) is 0 Å². The Balaban J connectivity index is 2.38. The summed E-state index contributed by atoms with van der Waals surface area (Å²) in [6.45, 7) is 7.52. The largest absolute Gasteiger partial charge is 0.487 e. The molecule has 2 nitrogen and oxygen atoms in total. The van der Waals surface area contributed by atoms with Gasteiger partial charge in [-0.2, -0.15) is 0 Å². The molecule has 1 aliphatic heterocycles. The lowest BCUT2D eigenvalue weighted by molar-refractivity contribution is 0.0445. The Morgan fingerprint density at radius 1 is 1.47 bits per heavy atom. The number of rotatable bonds is 3. The Kier molecular flexibility index (Phi) is 3.79. The van der Waals surface area contributed by atoms with E-state index in [0.717, 1.165) is 29.6 Å². The molecule has 1 N–H and O–H groups in total. The third-order valence-corrected chi connectivity index (χ3v) is 4.03. The lowest BCUT2D eigenvalue weighted by Crippen LogP contribution is -2.41. The number of fused-ring (bicyclic) bond motifs is 1. The van der Waals surface area contributed by atoms with Gasteiger partial charge in [-0.15, -0.1) is 0 Å². The van der Waals surface area contributed by atoms with E-state index in [1.807, 2.05) is 0 Å². The molecule has 0 amide bonds. The van der Waals surface area contributed by atoms with Crippen molar-refractivity contribution < 1.29 is 4.74 Å². The maximum atomic E-state index is 6.16. The molecule has 1 aliphatic rings. The van der Waals surface area contributed by atoms with Gasteiger partial charge in [-0.05, 0) is 32.0 Å². The van der Waals surface area contributed by atoms with Crippen LogP contribution in [0.15, 0.2) is 22.7 Å². The van der Waals surface area contributed by atoms with Gasteiger partial charge in [0.1, 0.15) is 11.4 Å². The Hall–Kier alpha value is -0.540. The van der Waals surface area contributed by atoms with Gasteiger partial charge < -0.3 is 10.1 Å². The summed E-state index contributed by atoms with van der Waals surface area (Å²) < 4.78 is 7.23. The molecule has 2 rings (SSSR count). The normalized spacial score (nSPS) is 27.4. The molecule has 94 valence electrons. The fourth-order valence-electron chi connectivity index (χ4n) is 2.38. The molecule has 3 heteroatoms. The van der Waals surface area contributed by atoms with Gasteiger partial charge in [-0.3, -0.25) is 0 Å². The highest BCUT2D eigenvalue weighted by molar-refractivity contribution is 9.10. The molecule has 1 heterocycles. The number of benzene rings is 1. The molecule has 0 bridgehead atoms. The Morgan fingerprint density at radius 3 is 2.88 bits per heavy atom. The molecule has 2 unspecified atom stereocenters. The SMILES string of the molecule is CCNC1CC(C)(CC)Oc2cc(Br)ccc21. The monoisotopic (exact) mass is 297 g/mol. The van der Waals surface area contributed by atoms with Crippen LogP contribution in [0.4, 0.5) is 0 Å². The zero-order chi connectivity index (χ0) is 12.5. The number of hydrogen-bond donors (Lipinski definition) is 1. The van der Waals surface area contributed by atoms with E-state index in [4.69, 9.17) is 4.74 Å². The molecule has 0 radical (unpaired) electrons. The van der Waals surface area contributed by atoms with Gasteiger partial charge in [0, 0.05) is 22.5 Å². The van der Waals surface area contributed by atoms with Crippen molar-refractivity contribution in [2.45, 2.75) is 45.3 Å². The average molecular weight is 298 g/mol. The van der Waals surface area contributed by atoms with Gasteiger partial charge >= 0.3 is 0 Å². The van der Waals surface area contributed by atoms with Crippen LogP contribution in [0.25, 0.3) is 0 Å². The molecular formula is C14H20BrNO. The van der Waals surface area contributed by atoms with Gasteiger partial charge in [0.15, 0.2) is 0 Å². The van der Waals surface area contributed by atoms with Crippen molar-refractivity contribution in [3.63, 3.8) is 0 Å². The lowest BCUT2D eigenvalue weighted by atomic mass is 9.87. The molecule has 1 aromatic rings. The lowest BCUT2D eigenvalue weighted by Gasteiger charge is -2.40. The average Bonchev–Trinajstić information content (AvgIpc) is 2.28. The van der Waals surface area contributed by atoms with Gasteiger partial charge in [0.2, 0.25) is 0 Å². The van der Waals surface area contributed by atoms with E-state index in [1.165, 1.54) is 5.56 Å². The van der Waals surface area contributed by atoms with Gasteiger partial charge in [-0.1, -0.05) is 35.8 Å². The van der Waals surface area contributed by atoms with Crippen molar-refractivity contribution in [3.05, 3.63) is 28.2 Å². The van der Waals surface area contributed by atoms with Crippen LogP contribution < -0.4 is 10.1 Å². The van der Waals surface area contributed by atoms with Crippen molar-refractivity contribution in [2.24, 2.45) is 0 Å². The van der Waals surface area contributed by atoms with Crippen molar-refractivity contribution in [2.75, 3.05) is 6.54 Å². The van der Waals surface area contributed by atoms with Crippen molar-refractivity contribution >= 4 is 15.9 Å². The Bertz CT molecular complexity index is 407. The summed E-state index contributed by atoms with van der Waals surface area (Å²) >= 11 is 3.51. The molecule has 2 atom stereocenters. The van der Waals surface area contributed by atoms with Gasteiger partial charge in [0.05, 0.1) is 0 Å². The second-order valence-electron chi connectivity index (χ2n) is 4.90. The molecular weight excluding hydrogens is 278 g/mol. The number of hydrogen-bond acceptors (Lipinski definition) is 2. The summed E-state index contributed by atoms with van der Waals surface area (Å²) in [7, 11) is 0. The zero-order valence-corrected chi connectivity index (χ0v) is 12.3. The number of halogens is 1. The van der Waals surface area contributed by atoms with E-state index in [9.17, 15) is 0 Å². The topological polar surface area (TPSA) is 21.3 Å². The molecule has 0 aromatic heterocycles. The smallest absolute Gasteiger partial charge is 0.126 e. The summed E-state index contributed by atoms with van der Waals surface area (Å²) in [4.78, 5) is 0. The van der Waals surface area contributed by atoms with E-state index >= 15 is 0 Å². The molecule has 17 heavy (non-hydrogen) atoms. The predicted molar refractivity (Wildman–Crippen MR) is 74.5 cm³/mol. The number of ether oxygens (including phenoxy) is 1. The van der Waals surface area contributed by atoms with Crippen molar-refractivity contribution in [1.82, 2.24) is 5.32 Å². The van der Waals surface area contributed by atoms with E-state index in [-0.39, 0.29) is 5.60 Å². The fraction of sp³-hybridized carbons (Fsp3) is 0.571. The minimum Gasteiger partial charge on any atom is -0.487 e. The molecule has 0 saturated heterocycles. The summed E-state index contributed by atoms with van der Waals surface area (Å²) in [5.74, 6) is 1.01. The van der Waals surface area contributed by atoms with E-state index < -0.39 is 0 Å². The van der Waals surface area contributed by atoms with Crippen LogP contribution in [0.3, 0.4) is 0 Å². The summed E-state index contributed by atoms with van der Waals surface area (Å²) in [5, 5.41) is 3.55. The first kappa shape index (κ1) is 12.9. The highest BCUT2D eigenvalue weighted by Gasteiger charge is 2.35. The third-order valence-electron chi connectivity index (χ3n) is 3.54. The minimum atomic E-state index is -0.0549. The molecule has 0 spiro atoms. The summed E-state index contributed by atoms with van der Waals surface area (Å²) in [6.07, 6.45) is 2.06. The predicted octanol–water partition coefficient (Wildman–Crippen LogP) is 4.05. The first-order valence-electron chi connectivity index (χ1n) is 6.30. The van der Waals surface area contributed by atoms with Crippen LogP contribution in [-0.2, 0) is 0 Å². The van der Waals surface area contributed by atoms with Crippen LogP contribution in [0, 0.1) is 0 Å². The second kappa shape index (κ2) is 4.99. The number of nitrogens with one attached hydrogen (secondary N) is 1. The maximum Gasteiger partial charge on any atom is 0.126 e. The molecule has 0 aliphatic carbocycles. The molecule has 0 fully saturated rings. The van der Waals surface area contributed by atoms with Crippen molar-refractivity contribution in [3.8, 4) is 5.75 Å². The Labute approximate surface area is 112 Å². The van der Waals surface area contributed by atoms with Crippen molar-refractivity contribution in [1.29, 1.82) is 0 Å². The van der Waals surface area contributed by atoms with Crippen LogP contribution >= 0.6 is 15.9 Å². The quantitative estimate of drug-likeness (QED) is 0.909. The van der Waals surface area contributed by atoms with Crippen LogP contribution in [-0.4, -0.2) is 12.1 Å². The van der Waals surface area contributed by atoms with E-state index in [1.54, 1.807) is 0 Å². The fourth-order valence-corrected chi connectivity index (χ4v) is 2.72. The highest BCUT2D eigenvalue weighted by atomic mass is 79.9. The second-order valence-corrected chi connectivity index (χ2v) is 5.82. The van der Waals surface area contributed by atoms with E-state index in [0.29, 0.717) is 6.04 Å². The summed E-state index contributed by atoms with van der Waals surface area (Å²) in [5.41, 5.74) is 1.22. The first-order valence-corrected chi connectivity index (χ1v) is 7.09. The van der Waals surface area contributed by atoms with E-state index in [2.05, 4.69) is 60.2 Å². The standard InChI is InChI=1S/C14H20BrNO/c1-4-14(3)9-12(16-5-2)11-7-6-10(15)8-13(11)17-14/h6-8,12,16H,4-5,9H2,1-3H3. The third kappa shape index (κ3) is 2.66. The maximum absolute atomic E-state index is 6.16. The highest BCUT2D eigenvalue weighted by Crippen LogP contribution is 2.41. The molecule has 0 saturated carbocycles. The zero-order valence-electron chi connectivity index (χ0n) is 10.7.